The van der Waals surface area contributed by atoms with E-state index in [2.05, 4.69) is 27.7 Å². The number of hydrogen-bond donors (Lipinski definition) is 1. The first-order chi connectivity index (χ1) is 6.61. The second-order valence-electron chi connectivity index (χ2n) is 3.38. The third kappa shape index (κ3) is 3.02. The van der Waals surface area contributed by atoms with Gasteiger partial charge in [0.05, 0.1) is 6.04 Å². The number of rotatable bonds is 5. The van der Waals surface area contributed by atoms with Crippen molar-refractivity contribution in [3.05, 3.63) is 5.82 Å². The van der Waals surface area contributed by atoms with Gasteiger partial charge in [-0.2, -0.15) is 0 Å². The van der Waals surface area contributed by atoms with E-state index in [9.17, 15) is 0 Å². The molecule has 0 saturated carbocycles. The highest BCUT2D eigenvalue weighted by atomic mass is 32.1. The Morgan fingerprint density at radius 2 is 2.29 bits per heavy atom. The molecule has 0 aliphatic carbocycles. The summed E-state index contributed by atoms with van der Waals surface area (Å²) in [5.74, 6) is 0.844. The van der Waals surface area contributed by atoms with Crippen LogP contribution in [-0.4, -0.2) is 30.4 Å². The van der Waals surface area contributed by atoms with Crippen LogP contribution in [0.3, 0.4) is 0 Å². The molecule has 0 aromatic carbocycles. The molecule has 0 amide bonds. The van der Waals surface area contributed by atoms with E-state index in [0.29, 0.717) is 6.42 Å². The van der Waals surface area contributed by atoms with Crippen LogP contribution in [0.2, 0.25) is 0 Å². The monoisotopic (exact) mass is 214 g/mol. The molecule has 1 heterocycles. The summed E-state index contributed by atoms with van der Waals surface area (Å²) < 4.78 is 1.78. The lowest BCUT2D eigenvalue weighted by Crippen LogP contribution is -2.08. The number of aryl methyl sites for hydroxylation is 1. The minimum atomic E-state index is 0.0496. The molecule has 1 aromatic rings. The van der Waals surface area contributed by atoms with Crippen molar-refractivity contribution >= 4 is 17.3 Å². The minimum Gasteiger partial charge on any atom is -0.502 e. The number of aliphatic hydroxyl groups excluding tert-OH is 1. The summed E-state index contributed by atoms with van der Waals surface area (Å²) in [4.78, 5) is 0. The highest BCUT2D eigenvalue weighted by molar-refractivity contribution is 7.80. The maximum Gasteiger partial charge on any atom is 0.156 e. The molecule has 5 nitrogen and oxygen atoms in total. The molecule has 6 heteroatoms. The van der Waals surface area contributed by atoms with Crippen LogP contribution in [0.25, 0.3) is 0 Å². The Labute approximate surface area is 88.1 Å². The molecule has 0 unspecified atom stereocenters. The van der Waals surface area contributed by atoms with Crippen LogP contribution >= 0.6 is 12.2 Å². The van der Waals surface area contributed by atoms with E-state index in [1.54, 1.807) is 4.68 Å². The molecule has 1 aromatic heterocycles. The normalized spacial score (nSPS) is 10.8. The lowest BCUT2D eigenvalue weighted by molar-refractivity contribution is 0.488. The fourth-order valence-corrected chi connectivity index (χ4v) is 1.32. The molecule has 0 radical (unpaired) electrons. The van der Waals surface area contributed by atoms with Gasteiger partial charge in [0.1, 0.15) is 0 Å². The molecule has 0 saturated heterocycles. The number of hydrogen-bond acceptors (Lipinski definition) is 4. The van der Waals surface area contributed by atoms with E-state index in [-0.39, 0.29) is 11.1 Å². The number of aliphatic hydroxyl groups is 1. The van der Waals surface area contributed by atoms with Gasteiger partial charge >= 0.3 is 0 Å². The summed E-state index contributed by atoms with van der Waals surface area (Å²) in [6.07, 6.45) is 2.05. The zero-order chi connectivity index (χ0) is 10.6. The molecule has 0 aliphatic rings. The third-order valence-electron chi connectivity index (χ3n) is 1.84. The molecule has 0 bridgehead atoms. The van der Waals surface area contributed by atoms with Crippen molar-refractivity contribution in [1.82, 2.24) is 20.2 Å². The molecule has 1 rings (SSSR count). The van der Waals surface area contributed by atoms with Crippen molar-refractivity contribution in [3.8, 4) is 0 Å². The van der Waals surface area contributed by atoms with E-state index in [1.165, 1.54) is 0 Å². The summed E-state index contributed by atoms with van der Waals surface area (Å²) >= 11 is 4.57. The fraction of sp³-hybridized carbons (Fsp3) is 0.750. The highest BCUT2D eigenvalue weighted by Crippen LogP contribution is 2.07. The second-order valence-corrected chi connectivity index (χ2v) is 3.85. The number of tetrazole rings is 1. The van der Waals surface area contributed by atoms with Gasteiger partial charge in [-0.3, -0.25) is 0 Å². The van der Waals surface area contributed by atoms with Crippen molar-refractivity contribution in [2.45, 2.75) is 39.2 Å². The molecule has 0 atom stereocenters. The summed E-state index contributed by atoms with van der Waals surface area (Å²) in [7, 11) is 0. The first-order valence-electron chi connectivity index (χ1n) is 4.59. The predicted octanol–water partition coefficient (Wildman–Crippen LogP) is 1.46. The summed E-state index contributed by atoms with van der Waals surface area (Å²) in [5.41, 5.74) is 0. The maximum atomic E-state index is 8.83. The SMILES string of the molecule is CC(C)n1nnnc1CCCC(O)=S. The number of thiocarbonyl (C=S) groups is 1. The van der Waals surface area contributed by atoms with E-state index in [1.807, 2.05) is 13.8 Å². The largest absolute Gasteiger partial charge is 0.502 e. The Hall–Kier alpha value is -1.04. The van der Waals surface area contributed by atoms with Crippen LogP contribution in [0.5, 0.6) is 0 Å². The van der Waals surface area contributed by atoms with Crippen LogP contribution in [0.15, 0.2) is 0 Å². The molecule has 0 fully saturated rings. The third-order valence-corrected chi connectivity index (χ3v) is 2.05. The average molecular weight is 214 g/mol. The second kappa shape index (κ2) is 4.99. The van der Waals surface area contributed by atoms with Crippen molar-refractivity contribution < 1.29 is 5.11 Å². The smallest absolute Gasteiger partial charge is 0.156 e. The first-order valence-corrected chi connectivity index (χ1v) is 5.00. The molecule has 0 aliphatic heterocycles. The molecular formula is C8H14N4OS. The molecule has 78 valence electrons. The van der Waals surface area contributed by atoms with Gasteiger partial charge in [0, 0.05) is 12.8 Å². The van der Waals surface area contributed by atoms with Gasteiger partial charge in [0.25, 0.3) is 0 Å². The Bertz CT molecular complexity index is 310. The van der Waals surface area contributed by atoms with Crippen molar-refractivity contribution in [1.29, 1.82) is 0 Å². The molecule has 1 N–H and O–H groups in total. The Morgan fingerprint density at radius 1 is 1.57 bits per heavy atom. The van der Waals surface area contributed by atoms with Crippen molar-refractivity contribution in [3.63, 3.8) is 0 Å². The van der Waals surface area contributed by atoms with E-state index in [0.717, 1.165) is 18.7 Å². The van der Waals surface area contributed by atoms with E-state index in [4.69, 9.17) is 5.11 Å². The van der Waals surface area contributed by atoms with Gasteiger partial charge in [-0.15, -0.1) is 5.10 Å². The van der Waals surface area contributed by atoms with Crippen LogP contribution in [0.4, 0.5) is 0 Å². The average Bonchev–Trinajstić information content (AvgIpc) is 2.51. The van der Waals surface area contributed by atoms with Gasteiger partial charge in [-0.1, -0.05) is 0 Å². The quantitative estimate of drug-likeness (QED) is 0.752. The molecular weight excluding hydrogens is 200 g/mol. The standard InChI is InChI=1S/C8H14N4OS/c1-6(2)12-7(9-10-11-12)4-3-5-8(13)14/h6H,3-5H2,1-2H3,(H,13,14). The number of nitrogens with zero attached hydrogens (tertiary/aromatic N) is 4. The fourth-order valence-electron chi connectivity index (χ4n) is 1.18. The molecule has 14 heavy (non-hydrogen) atoms. The zero-order valence-electron chi connectivity index (χ0n) is 8.34. The van der Waals surface area contributed by atoms with Crippen molar-refractivity contribution in [2.75, 3.05) is 0 Å². The summed E-state index contributed by atoms with van der Waals surface area (Å²) in [6.45, 7) is 4.05. The van der Waals surface area contributed by atoms with Gasteiger partial charge in [0.15, 0.2) is 10.9 Å². The van der Waals surface area contributed by atoms with Gasteiger partial charge < -0.3 is 5.11 Å². The Balaban J connectivity index is 2.50. The summed E-state index contributed by atoms with van der Waals surface area (Å²) in [5, 5.41) is 20.3. The summed E-state index contributed by atoms with van der Waals surface area (Å²) in [6, 6.07) is 0.265. The first kappa shape index (κ1) is 11.0. The predicted molar refractivity (Wildman–Crippen MR) is 56.4 cm³/mol. The lowest BCUT2D eigenvalue weighted by atomic mass is 10.2. The van der Waals surface area contributed by atoms with E-state index < -0.39 is 0 Å². The highest BCUT2D eigenvalue weighted by Gasteiger charge is 2.08. The van der Waals surface area contributed by atoms with Crippen LogP contribution in [0, 0.1) is 0 Å². The molecule has 0 spiro atoms. The zero-order valence-corrected chi connectivity index (χ0v) is 9.16. The van der Waals surface area contributed by atoms with Crippen LogP contribution in [-0.2, 0) is 6.42 Å². The Morgan fingerprint density at radius 3 is 2.86 bits per heavy atom. The topological polar surface area (TPSA) is 63.8 Å². The van der Waals surface area contributed by atoms with Crippen LogP contribution < -0.4 is 0 Å². The van der Waals surface area contributed by atoms with Crippen LogP contribution in [0.1, 0.15) is 38.6 Å². The van der Waals surface area contributed by atoms with E-state index >= 15 is 0 Å². The van der Waals surface area contributed by atoms with Crippen molar-refractivity contribution in [2.24, 2.45) is 0 Å². The maximum absolute atomic E-state index is 8.83. The van der Waals surface area contributed by atoms with Gasteiger partial charge in [-0.25, -0.2) is 4.68 Å². The lowest BCUT2D eigenvalue weighted by Gasteiger charge is -2.06. The minimum absolute atomic E-state index is 0.0496. The van der Waals surface area contributed by atoms with Gasteiger partial charge in [-0.05, 0) is 42.9 Å². The Kier molecular flexibility index (Phi) is 3.94. The van der Waals surface area contributed by atoms with Gasteiger partial charge in [0.2, 0.25) is 0 Å². The number of aromatic nitrogens is 4.